The third-order valence-corrected chi connectivity index (χ3v) is 5.10. The minimum atomic E-state index is 0.254. The second-order valence-electron chi connectivity index (χ2n) is 4.63. The minimum Gasteiger partial charge on any atom is -0.307 e. The van der Waals surface area contributed by atoms with Gasteiger partial charge in [-0.25, -0.2) is 0 Å². The van der Waals surface area contributed by atoms with E-state index in [1.165, 1.54) is 19.4 Å². The quantitative estimate of drug-likeness (QED) is 0.655. The molecule has 0 saturated carbocycles. The maximum Gasteiger partial charge on any atom is 0.0702 e. The lowest BCUT2D eigenvalue weighted by molar-refractivity contribution is 0.633. The van der Waals surface area contributed by atoms with Gasteiger partial charge in [0, 0.05) is 11.6 Å². The van der Waals surface area contributed by atoms with Gasteiger partial charge in [0.05, 0.1) is 14.4 Å². The molecule has 0 aliphatic rings. The normalized spacial score (nSPS) is 12.7. The van der Waals surface area contributed by atoms with E-state index in [9.17, 15) is 0 Å². The molecule has 1 N–H and O–H groups in total. The van der Waals surface area contributed by atoms with Gasteiger partial charge in [-0.1, -0.05) is 19.1 Å². The highest BCUT2D eigenvalue weighted by Crippen LogP contribution is 2.28. The number of fused-ring (bicyclic) bond motifs is 1. The smallest absolute Gasteiger partial charge is 0.0702 e. The summed E-state index contributed by atoms with van der Waals surface area (Å²) >= 11 is 4.17. The summed E-state index contributed by atoms with van der Waals surface area (Å²) in [6.07, 6.45) is 1.84. The summed E-state index contributed by atoms with van der Waals surface area (Å²) in [6.45, 7) is 3.09. The summed E-state index contributed by atoms with van der Waals surface area (Å²) < 4.78 is 1.32. The average molecular weight is 394 g/mol. The summed E-state index contributed by atoms with van der Waals surface area (Å²) in [5.41, 5.74) is 3.68. The van der Waals surface area contributed by atoms with Crippen molar-refractivity contribution in [3.05, 3.63) is 62.0 Å². The van der Waals surface area contributed by atoms with Gasteiger partial charge in [-0.2, -0.15) is 0 Å². The summed E-state index contributed by atoms with van der Waals surface area (Å²) in [6, 6.07) is 13.1. The van der Waals surface area contributed by atoms with Crippen LogP contribution in [-0.4, -0.2) is 11.5 Å². The van der Waals surface area contributed by atoms with E-state index in [0.29, 0.717) is 0 Å². The number of halogens is 1. The molecular formula is C16H15IN2S. The van der Waals surface area contributed by atoms with Crippen molar-refractivity contribution in [1.82, 2.24) is 10.3 Å². The maximum atomic E-state index is 4.38. The van der Waals surface area contributed by atoms with E-state index in [0.717, 1.165) is 12.1 Å². The number of thiophene rings is 1. The number of rotatable bonds is 4. The van der Waals surface area contributed by atoms with Crippen LogP contribution in [0, 0.1) is 2.88 Å². The van der Waals surface area contributed by atoms with Crippen LogP contribution in [0.15, 0.2) is 48.0 Å². The predicted octanol–water partition coefficient (Wildman–Crippen LogP) is 4.60. The second kappa shape index (κ2) is 6.20. The molecule has 102 valence electrons. The average Bonchev–Trinajstić information content (AvgIpc) is 2.90. The second-order valence-corrected chi connectivity index (χ2v) is 7.44. The number of benzene rings is 1. The summed E-state index contributed by atoms with van der Waals surface area (Å²) in [5, 5.41) is 7.01. The maximum absolute atomic E-state index is 4.38. The van der Waals surface area contributed by atoms with Crippen LogP contribution in [0.3, 0.4) is 0 Å². The van der Waals surface area contributed by atoms with Crippen molar-refractivity contribution in [2.75, 3.05) is 6.54 Å². The highest BCUT2D eigenvalue weighted by Gasteiger charge is 2.14. The Balaban J connectivity index is 2.04. The number of hydrogen-bond donors (Lipinski definition) is 1. The van der Waals surface area contributed by atoms with Crippen LogP contribution in [0.1, 0.15) is 24.1 Å². The van der Waals surface area contributed by atoms with E-state index in [1.54, 1.807) is 11.3 Å². The molecule has 1 aromatic carbocycles. The molecule has 0 fully saturated rings. The molecule has 20 heavy (non-hydrogen) atoms. The van der Waals surface area contributed by atoms with Crippen LogP contribution >= 0.6 is 33.9 Å². The van der Waals surface area contributed by atoms with Crippen LogP contribution in [0.2, 0.25) is 0 Å². The first-order valence-electron chi connectivity index (χ1n) is 6.60. The van der Waals surface area contributed by atoms with E-state index in [-0.39, 0.29) is 6.04 Å². The molecule has 0 aliphatic carbocycles. The Bertz CT molecular complexity index is 723. The number of nitrogens with zero attached hydrogens (tertiary/aromatic N) is 1. The zero-order valence-electron chi connectivity index (χ0n) is 11.1. The van der Waals surface area contributed by atoms with E-state index in [4.69, 9.17) is 0 Å². The third kappa shape index (κ3) is 2.87. The molecule has 1 atom stereocenters. The Hall–Kier alpha value is -0.980. The molecule has 2 nitrogen and oxygen atoms in total. The topological polar surface area (TPSA) is 24.9 Å². The van der Waals surface area contributed by atoms with Gasteiger partial charge in [0.2, 0.25) is 0 Å². The van der Waals surface area contributed by atoms with Gasteiger partial charge in [0.1, 0.15) is 0 Å². The lowest BCUT2D eigenvalue weighted by Crippen LogP contribution is -2.21. The molecule has 3 rings (SSSR count). The van der Waals surface area contributed by atoms with Crippen molar-refractivity contribution in [2.45, 2.75) is 13.0 Å². The summed E-state index contributed by atoms with van der Waals surface area (Å²) in [5.74, 6) is 0. The van der Waals surface area contributed by atoms with Crippen molar-refractivity contribution in [3.8, 4) is 0 Å². The fourth-order valence-electron chi connectivity index (χ4n) is 2.38. The molecule has 0 saturated heterocycles. The molecule has 3 aromatic rings. The molecular weight excluding hydrogens is 379 g/mol. The monoisotopic (exact) mass is 394 g/mol. The van der Waals surface area contributed by atoms with Crippen molar-refractivity contribution in [3.63, 3.8) is 0 Å². The highest BCUT2D eigenvalue weighted by atomic mass is 127. The first kappa shape index (κ1) is 14.0. The minimum absolute atomic E-state index is 0.254. The number of hydrogen-bond acceptors (Lipinski definition) is 3. The molecule has 2 heterocycles. The Morgan fingerprint density at radius 1 is 1.25 bits per heavy atom. The van der Waals surface area contributed by atoms with Gasteiger partial charge in [-0.3, -0.25) is 4.98 Å². The first-order chi connectivity index (χ1) is 9.78. The molecule has 0 amide bonds. The molecule has 0 aliphatic heterocycles. The van der Waals surface area contributed by atoms with Crippen LogP contribution in [0.4, 0.5) is 0 Å². The van der Waals surface area contributed by atoms with Gasteiger partial charge in [0.25, 0.3) is 0 Å². The SMILES string of the molecule is CCNC(c1csc(I)c1)c1ccc2ncccc2c1. The van der Waals surface area contributed by atoms with Crippen molar-refractivity contribution >= 4 is 44.8 Å². The van der Waals surface area contributed by atoms with Gasteiger partial charge in [-0.15, -0.1) is 11.3 Å². The molecule has 0 spiro atoms. The Labute approximate surface area is 136 Å². The summed E-state index contributed by atoms with van der Waals surface area (Å²) in [7, 11) is 0. The van der Waals surface area contributed by atoms with Crippen LogP contribution < -0.4 is 5.32 Å². The molecule has 2 aromatic heterocycles. The van der Waals surface area contributed by atoms with Crippen LogP contribution in [0.5, 0.6) is 0 Å². The lowest BCUT2D eigenvalue weighted by atomic mass is 9.99. The zero-order valence-corrected chi connectivity index (χ0v) is 14.1. The van der Waals surface area contributed by atoms with Crippen LogP contribution in [0.25, 0.3) is 10.9 Å². The number of nitrogens with one attached hydrogen (secondary N) is 1. The van der Waals surface area contributed by atoms with E-state index >= 15 is 0 Å². The van der Waals surface area contributed by atoms with Gasteiger partial charge in [0.15, 0.2) is 0 Å². The standard InChI is InChI=1S/C16H15IN2S/c1-2-18-16(13-9-15(17)20-10-13)12-5-6-14-11(8-12)4-3-7-19-14/h3-10,16,18H,2H2,1H3. The molecule has 1 unspecified atom stereocenters. The van der Waals surface area contributed by atoms with E-state index < -0.39 is 0 Å². The third-order valence-electron chi connectivity index (χ3n) is 3.29. The number of aromatic nitrogens is 1. The van der Waals surface area contributed by atoms with Crippen molar-refractivity contribution in [1.29, 1.82) is 0 Å². The lowest BCUT2D eigenvalue weighted by Gasteiger charge is -2.18. The zero-order chi connectivity index (χ0) is 13.9. The Kier molecular flexibility index (Phi) is 4.33. The number of pyridine rings is 1. The van der Waals surface area contributed by atoms with Gasteiger partial charge < -0.3 is 5.32 Å². The first-order valence-corrected chi connectivity index (χ1v) is 8.56. The summed E-state index contributed by atoms with van der Waals surface area (Å²) in [4.78, 5) is 4.38. The van der Waals surface area contributed by atoms with Gasteiger partial charge in [-0.05, 0) is 69.9 Å². The largest absolute Gasteiger partial charge is 0.307 e. The highest BCUT2D eigenvalue weighted by molar-refractivity contribution is 14.1. The fourth-order valence-corrected chi connectivity index (χ4v) is 3.78. The molecule has 4 heteroatoms. The Morgan fingerprint density at radius 2 is 2.15 bits per heavy atom. The van der Waals surface area contributed by atoms with Gasteiger partial charge >= 0.3 is 0 Å². The van der Waals surface area contributed by atoms with Crippen molar-refractivity contribution in [2.24, 2.45) is 0 Å². The van der Waals surface area contributed by atoms with E-state index in [1.807, 2.05) is 12.3 Å². The predicted molar refractivity (Wildman–Crippen MR) is 94.3 cm³/mol. The molecule has 0 radical (unpaired) electrons. The Morgan fingerprint density at radius 3 is 2.90 bits per heavy atom. The van der Waals surface area contributed by atoms with Crippen LogP contribution in [-0.2, 0) is 0 Å². The fraction of sp³-hybridized carbons (Fsp3) is 0.188. The molecule has 0 bridgehead atoms. The van der Waals surface area contributed by atoms with Crippen molar-refractivity contribution < 1.29 is 0 Å². The van der Waals surface area contributed by atoms with E-state index in [2.05, 4.69) is 75.5 Å².